The smallest absolute Gasteiger partial charge is 0.300 e. The highest BCUT2D eigenvalue weighted by Crippen LogP contribution is 2.31. The number of carbonyl (C=O) groups is 2. The molecule has 162 valence electrons. The molecule has 2 amide bonds. The number of benzene rings is 2. The van der Waals surface area contributed by atoms with Crippen molar-refractivity contribution in [1.82, 2.24) is 9.97 Å². The molecular formula is C25H17FN4O3. The van der Waals surface area contributed by atoms with Crippen LogP contribution in [0.15, 0.2) is 73.1 Å². The molecule has 0 bridgehead atoms. The van der Waals surface area contributed by atoms with Gasteiger partial charge in [0.2, 0.25) is 0 Å². The molecule has 0 saturated heterocycles. The number of aromatic nitrogens is 2. The average Bonchev–Trinajstić information content (AvgIpc) is 2.80. The van der Waals surface area contributed by atoms with E-state index in [4.69, 9.17) is 4.74 Å². The highest BCUT2D eigenvalue weighted by molar-refractivity contribution is 6.05. The second-order valence-electron chi connectivity index (χ2n) is 6.81. The Bertz CT molecular complexity index is 1410. The van der Waals surface area contributed by atoms with Gasteiger partial charge in [-0.3, -0.25) is 14.6 Å². The Morgan fingerprint density at radius 1 is 0.939 bits per heavy atom. The molecule has 2 N–H and O–H groups in total. The third-order valence-corrected chi connectivity index (χ3v) is 4.51. The third kappa shape index (κ3) is 5.29. The topological polar surface area (TPSA) is 93.2 Å². The van der Waals surface area contributed by atoms with Crippen LogP contribution in [0.2, 0.25) is 0 Å². The fourth-order valence-electron chi connectivity index (χ4n) is 3.03. The first-order chi connectivity index (χ1) is 16.0. The number of hydrogen-bond donors (Lipinski definition) is 2. The van der Waals surface area contributed by atoms with Gasteiger partial charge < -0.3 is 15.4 Å². The molecule has 2 aromatic heterocycles. The van der Waals surface area contributed by atoms with Crippen LogP contribution < -0.4 is 15.4 Å². The fourth-order valence-corrected chi connectivity index (χ4v) is 3.03. The van der Waals surface area contributed by atoms with Gasteiger partial charge in [0, 0.05) is 35.1 Å². The summed E-state index contributed by atoms with van der Waals surface area (Å²) in [4.78, 5) is 32.4. The van der Waals surface area contributed by atoms with Crippen molar-refractivity contribution in [2.75, 3.05) is 10.6 Å². The van der Waals surface area contributed by atoms with Crippen LogP contribution in [0.5, 0.6) is 11.5 Å². The molecule has 0 fully saturated rings. The SMILES string of the molecule is CC#CC(=O)Nc1ccc2nccc(Oc3ccc(C(=O)Nc4cc(F)ccn4)cc3)c2c1. The lowest BCUT2D eigenvalue weighted by atomic mass is 10.1. The first-order valence-corrected chi connectivity index (χ1v) is 9.85. The van der Waals surface area contributed by atoms with Gasteiger partial charge in [0.25, 0.3) is 11.8 Å². The molecule has 8 heteroatoms. The van der Waals surface area contributed by atoms with Gasteiger partial charge >= 0.3 is 0 Å². The van der Waals surface area contributed by atoms with Gasteiger partial charge in [-0.2, -0.15) is 0 Å². The normalized spacial score (nSPS) is 10.1. The zero-order valence-electron chi connectivity index (χ0n) is 17.4. The number of amides is 2. The predicted octanol–water partition coefficient (Wildman–Crippen LogP) is 4.78. The molecule has 0 unspecified atom stereocenters. The Hall–Kier alpha value is -4.77. The number of carbonyl (C=O) groups excluding carboxylic acids is 2. The molecular weight excluding hydrogens is 423 g/mol. The van der Waals surface area contributed by atoms with E-state index in [2.05, 4.69) is 32.4 Å². The van der Waals surface area contributed by atoms with Crippen molar-refractivity contribution in [3.8, 4) is 23.3 Å². The fraction of sp³-hybridized carbons (Fsp3) is 0.0400. The van der Waals surface area contributed by atoms with Crippen molar-refractivity contribution in [1.29, 1.82) is 0 Å². The highest BCUT2D eigenvalue weighted by atomic mass is 19.1. The number of halogens is 1. The number of pyridine rings is 2. The first kappa shape index (κ1) is 21.5. The molecule has 0 saturated carbocycles. The zero-order chi connectivity index (χ0) is 23.2. The van der Waals surface area contributed by atoms with Crippen molar-refractivity contribution in [2.24, 2.45) is 0 Å². The molecule has 33 heavy (non-hydrogen) atoms. The van der Waals surface area contributed by atoms with Crippen LogP contribution >= 0.6 is 0 Å². The molecule has 4 rings (SSSR count). The molecule has 0 aliphatic rings. The lowest BCUT2D eigenvalue weighted by Crippen LogP contribution is -2.12. The summed E-state index contributed by atoms with van der Waals surface area (Å²) in [5.74, 6) is 4.79. The zero-order valence-corrected chi connectivity index (χ0v) is 17.4. The molecule has 0 spiro atoms. The standard InChI is InChI=1S/C25H17FN4O3/c1-2-3-24(31)29-18-6-9-21-20(15-18)22(11-13-27-21)33-19-7-4-16(5-8-19)25(32)30-23-14-17(26)10-12-28-23/h4-15H,1H3,(H,29,31)(H,28,30,32). The van der Waals surface area contributed by atoms with Crippen molar-refractivity contribution >= 4 is 34.2 Å². The minimum absolute atomic E-state index is 0.122. The lowest BCUT2D eigenvalue weighted by molar-refractivity contribution is -0.111. The second kappa shape index (κ2) is 9.58. The third-order valence-electron chi connectivity index (χ3n) is 4.51. The second-order valence-corrected chi connectivity index (χ2v) is 6.81. The van der Waals surface area contributed by atoms with Crippen molar-refractivity contribution < 1.29 is 18.7 Å². The molecule has 0 radical (unpaired) electrons. The molecule has 0 atom stereocenters. The lowest BCUT2D eigenvalue weighted by Gasteiger charge is -2.11. The van der Waals surface area contributed by atoms with E-state index in [1.807, 2.05) is 0 Å². The summed E-state index contributed by atoms with van der Waals surface area (Å²) < 4.78 is 19.3. The van der Waals surface area contributed by atoms with E-state index in [0.717, 1.165) is 6.07 Å². The van der Waals surface area contributed by atoms with Gasteiger partial charge in [-0.15, -0.1) is 0 Å². The number of nitrogens with one attached hydrogen (secondary N) is 2. The Balaban J connectivity index is 1.52. The summed E-state index contributed by atoms with van der Waals surface area (Å²) in [5.41, 5.74) is 1.60. The summed E-state index contributed by atoms with van der Waals surface area (Å²) in [5, 5.41) is 5.93. The number of fused-ring (bicyclic) bond motifs is 1. The van der Waals surface area contributed by atoms with Gasteiger partial charge in [-0.05, 0) is 67.4 Å². The maximum atomic E-state index is 13.3. The van der Waals surface area contributed by atoms with Gasteiger partial charge in [0.1, 0.15) is 23.1 Å². The van der Waals surface area contributed by atoms with Gasteiger partial charge in [-0.1, -0.05) is 5.92 Å². The predicted molar refractivity (Wildman–Crippen MR) is 122 cm³/mol. The number of ether oxygens (including phenoxy) is 1. The van der Waals surface area contributed by atoms with Gasteiger partial charge in [0.15, 0.2) is 0 Å². The molecule has 2 aromatic carbocycles. The van der Waals surface area contributed by atoms with Crippen LogP contribution in [0.3, 0.4) is 0 Å². The molecule has 2 heterocycles. The van der Waals surface area contributed by atoms with Crippen LogP contribution in [0, 0.1) is 17.7 Å². The maximum Gasteiger partial charge on any atom is 0.300 e. The van der Waals surface area contributed by atoms with E-state index >= 15 is 0 Å². The summed E-state index contributed by atoms with van der Waals surface area (Å²) >= 11 is 0. The molecule has 0 aliphatic carbocycles. The van der Waals surface area contributed by atoms with Crippen LogP contribution in [-0.4, -0.2) is 21.8 Å². The average molecular weight is 440 g/mol. The minimum atomic E-state index is -0.491. The van der Waals surface area contributed by atoms with E-state index in [-0.39, 0.29) is 5.82 Å². The minimum Gasteiger partial charge on any atom is -0.457 e. The van der Waals surface area contributed by atoms with Gasteiger partial charge in [-0.25, -0.2) is 9.37 Å². The van der Waals surface area contributed by atoms with E-state index in [0.29, 0.717) is 33.7 Å². The van der Waals surface area contributed by atoms with E-state index in [9.17, 15) is 14.0 Å². The number of nitrogens with zero attached hydrogens (tertiary/aromatic N) is 2. The van der Waals surface area contributed by atoms with E-state index in [1.165, 1.54) is 12.3 Å². The summed E-state index contributed by atoms with van der Waals surface area (Å²) in [6.07, 6.45) is 2.89. The molecule has 7 nitrogen and oxygen atoms in total. The molecule has 4 aromatic rings. The number of anilines is 2. The largest absolute Gasteiger partial charge is 0.457 e. The van der Waals surface area contributed by atoms with Crippen molar-refractivity contribution in [3.63, 3.8) is 0 Å². The highest BCUT2D eigenvalue weighted by Gasteiger charge is 2.10. The van der Waals surface area contributed by atoms with E-state index in [1.54, 1.807) is 61.7 Å². The monoisotopic (exact) mass is 440 g/mol. The Kier molecular flexibility index (Phi) is 6.23. The van der Waals surface area contributed by atoms with Crippen molar-refractivity contribution in [2.45, 2.75) is 6.92 Å². The van der Waals surface area contributed by atoms with Gasteiger partial charge in [0.05, 0.1) is 5.52 Å². The quantitative estimate of drug-likeness (QED) is 0.436. The summed E-state index contributed by atoms with van der Waals surface area (Å²) in [6, 6.07) is 15.7. The molecule has 0 aliphatic heterocycles. The summed E-state index contributed by atoms with van der Waals surface area (Å²) in [6.45, 7) is 1.59. The first-order valence-electron chi connectivity index (χ1n) is 9.85. The Labute approximate surface area is 188 Å². The summed E-state index contributed by atoms with van der Waals surface area (Å²) in [7, 11) is 0. The number of rotatable bonds is 5. The number of hydrogen-bond acceptors (Lipinski definition) is 5. The Morgan fingerprint density at radius 2 is 1.73 bits per heavy atom. The maximum absolute atomic E-state index is 13.3. The Morgan fingerprint density at radius 3 is 2.48 bits per heavy atom. The van der Waals surface area contributed by atoms with Crippen LogP contribution in [0.25, 0.3) is 10.9 Å². The van der Waals surface area contributed by atoms with Crippen molar-refractivity contribution in [3.05, 3.63) is 84.4 Å². The van der Waals surface area contributed by atoms with Crippen LogP contribution in [0.1, 0.15) is 17.3 Å². The van der Waals surface area contributed by atoms with Crippen LogP contribution in [0.4, 0.5) is 15.9 Å². The van der Waals surface area contributed by atoms with Crippen LogP contribution in [-0.2, 0) is 4.79 Å². The van der Waals surface area contributed by atoms with E-state index < -0.39 is 17.6 Å².